The summed E-state index contributed by atoms with van der Waals surface area (Å²) >= 11 is 0. The number of ether oxygens (including phenoxy) is 1. The van der Waals surface area contributed by atoms with Gasteiger partial charge in [0.25, 0.3) is 0 Å². The second-order valence-corrected chi connectivity index (χ2v) is 5.35. The molecule has 1 aromatic carbocycles. The molecule has 1 heterocycles. The number of esters is 1. The maximum atomic E-state index is 11.2. The van der Waals surface area contributed by atoms with Gasteiger partial charge < -0.3 is 15.0 Å². The lowest BCUT2D eigenvalue weighted by Gasteiger charge is -2.29. The molecule has 0 aromatic heterocycles. The summed E-state index contributed by atoms with van der Waals surface area (Å²) in [6.07, 6.45) is 3.56. The zero-order valence-corrected chi connectivity index (χ0v) is 16.7. The highest BCUT2D eigenvalue weighted by Crippen LogP contribution is 2.21. The second-order valence-electron chi connectivity index (χ2n) is 5.35. The molecule has 24 heavy (non-hydrogen) atoms. The van der Waals surface area contributed by atoms with Crippen LogP contribution in [0.2, 0.25) is 0 Å². The topological polar surface area (TPSA) is 53.9 Å². The van der Waals surface area contributed by atoms with E-state index in [9.17, 15) is 4.79 Å². The fourth-order valence-electron chi connectivity index (χ4n) is 2.56. The zero-order chi connectivity index (χ0) is 16.5. The highest BCUT2D eigenvalue weighted by Gasteiger charge is 2.16. The quantitative estimate of drug-likeness (QED) is 0.329. The summed E-state index contributed by atoms with van der Waals surface area (Å²) in [6, 6.07) is 10.5. The van der Waals surface area contributed by atoms with Gasteiger partial charge in [-0.2, -0.15) is 0 Å². The van der Waals surface area contributed by atoms with Gasteiger partial charge in [0.2, 0.25) is 0 Å². The average molecular weight is 443 g/mol. The number of rotatable bonds is 5. The number of aliphatic imine (C=N–C) groups is 1. The predicted molar refractivity (Wildman–Crippen MR) is 109 cm³/mol. The molecule has 1 aromatic rings. The molecule has 0 saturated heterocycles. The van der Waals surface area contributed by atoms with Crippen molar-refractivity contribution >= 4 is 41.5 Å². The molecular weight excluding hydrogens is 417 g/mol. The number of methoxy groups -OCH3 is 1. The first-order valence-corrected chi connectivity index (χ1v) is 8.09. The van der Waals surface area contributed by atoms with Gasteiger partial charge in [-0.15, -0.1) is 24.0 Å². The van der Waals surface area contributed by atoms with E-state index in [1.165, 1.54) is 18.2 Å². The van der Waals surface area contributed by atoms with Crippen molar-refractivity contribution in [3.8, 4) is 0 Å². The molecule has 0 radical (unpaired) electrons. The molecule has 0 unspecified atom stereocenters. The highest BCUT2D eigenvalue weighted by molar-refractivity contribution is 14.0. The molecule has 0 spiro atoms. The van der Waals surface area contributed by atoms with Crippen LogP contribution in [0.3, 0.4) is 0 Å². The van der Waals surface area contributed by atoms with Crippen molar-refractivity contribution in [1.82, 2.24) is 10.2 Å². The molecule has 132 valence electrons. The van der Waals surface area contributed by atoms with Gasteiger partial charge >= 0.3 is 5.97 Å². The Kier molecular flexibility index (Phi) is 9.44. The molecule has 5 nitrogen and oxygen atoms in total. The number of hydrogen-bond donors (Lipinski definition) is 1. The Morgan fingerprint density at radius 1 is 1.33 bits per heavy atom. The molecule has 0 bridgehead atoms. The third-order valence-corrected chi connectivity index (χ3v) is 3.79. The van der Waals surface area contributed by atoms with E-state index >= 15 is 0 Å². The third kappa shape index (κ3) is 6.14. The van der Waals surface area contributed by atoms with Gasteiger partial charge in [0.1, 0.15) is 0 Å². The number of halogens is 1. The molecule has 6 heteroatoms. The van der Waals surface area contributed by atoms with E-state index < -0.39 is 0 Å². The predicted octanol–water partition coefficient (Wildman–Crippen LogP) is 2.92. The summed E-state index contributed by atoms with van der Waals surface area (Å²) in [7, 11) is 1.40. The minimum absolute atomic E-state index is 0. The number of carbonyl (C=O) groups excluding carboxylic acids is 1. The van der Waals surface area contributed by atoms with Crippen LogP contribution in [0.4, 0.5) is 0 Å². The Hall–Kier alpha value is -1.57. The number of nitrogens with one attached hydrogen (secondary N) is 1. The van der Waals surface area contributed by atoms with Crippen LogP contribution in [-0.2, 0) is 9.53 Å². The van der Waals surface area contributed by atoms with E-state index in [4.69, 9.17) is 0 Å². The van der Waals surface area contributed by atoms with Crippen LogP contribution < -0.4 is 5.32 Å². The van der Waals surface area contributed by atoms with Crippen molar-refractivity contribution in [2.24, 2.45) is 4.99 Å². The molecule has 0 atom stereocenters. The normalized spacial score (nSPS) is 14.5. The van der Waals surface area contributed by atoms with E-state index in [-0.39, 0.29) is 29.9 Å². The van der Waals surface area contributed by atoms with Gasteiger partial charge in [-0.05, 0) is 24.5 Å². The summed E-state index contributed by atoms with van der Waals surface area (Å²) in [5.74, 6) is 0.634. The molecule has 1 aliphatic rings. The number of carbonyl (C=O) groups is 1. The van der Waals surface area contributed by atoms with Gasteiger partial charge in [-0.3, -0.25) is 9.79 Å². The molecule has 2 rings (SSSR count). The zero-order valence-electron chi connectivity index (χ0n) is 14.3. The minimum atomic E-state index is -0.227. The Balaban J connectivity index is 0.00000288. The fourth-order valence-corrected chi connectivity index (χ4v) is 2.56. The summed E-state index contributed by atoms with van der Waals surface area (Å²) < 4.78 is 4.65. The van der Waals surface area contributed by atoms with Crippen molar-refractivity contribution in [3.05, 3.63) is 42.0 Å². The van der Waals surface area contributed by atoms with Crippen LogP contribution in [0.1, 0.15) is 25.3 Å². The largest absolute Gasteiger partial charge is 0.469 e. The van der Waals surface area contributed by atoms with Crippen molar-refractivity contribution in [2.45, 2.75) is 19.8 Å². The van der Waals surface area contributed by atoms with E-state index in [0.717, 1.165) is 32.0 Å². The standard InChI is InChI=1S/C18H25N3O2.HI/c1-3-19-18(20-12-9-17(22)23-2)21-13-10-16(11-14-21)15-7-5-4-6-8-15;/h4-8,10H,3,9,11-14H2,1-2H3,(H,19,20);1H. The summed E-state index contributed by atoms with van der Waals surface area (Å²) in [4.78, 5) is 17.9. The summed E-state index contributed by atoms with van der Waals surface area (Å²) in [5, 5.41) is 3.29. The van der Waals surface area contributed by atoms with E-state index in [2.05, 4.69) is 50.3 Å². The second kappa shape index (κ2) is 11.1. The molecule has 0 aliphatic carbocycles. The first kappa shape index (κ1) is 20.5. The highest BCUT2D eigenvalue weighted by atomic mass is 127. The van der Waals surface area contributed by atoms with Crippen LogP contribution in [0.25, 0.3) is 5.57 Å². The number of guanidine groups is 1. The first-order valence-electron chi connectivity index (χ1n) is 8.09. The summed E-state index contributed by atoms with van der Waals surface area (Å²) in [6.45, 7) is 5.05. The first-order chi connectivity index (χ1) is 11.2. The maximum absolute atomic E-state index is 11.2. The van der Waals surface area contributed by atoms with Crippen molar-refractivity contribution in [3.63, 3.8) is 0 Å². The SMILES string of the molecule is CCNC(=NCCC(=O)OC)N1CC=C(c2ccccc2)CC1.I. The van der Waals surface area contributed by atoms with E-state index in [0.29, 0.717) is 13.0 Å². The van der Waals surface area contributed by atoms with Gasteiger partial charge in [-0.1, -0.05) is 36.4 Å². The van der Waals surface area contributed by atoms with Crippen LogP contribution in [0, 0.1) is 0 Å². The van der Waals surface area contributed by atoms with E-state index in [1.54, 1.807) is 0 Å². The molecule has 0 amide bonds. The average Bonchev–Trinajstić information content (AvgIpc) is 2.61. The molecule has 0 fully saturated rings. The smallest absolute Gasteiger partial charge is 0.307 e. The van der Waals surface area contributed by atoms with Crippen LogP contribution in [0.15, 0.2) is 41.4 Å². The lowest BCUT2D eigenvalue weighted by molar-refractivity contribution is -0.140. The van der Waals surface area contributed by atoms with Crippen molar-refractivity contribution in [2.75, 3.05) is 33.3 Å². The Morgan fingerprint density at radius 2 is 2.08 bits per heavy atom. The van der Waals surface area contributed by atoms with Crippen LogP contribution in [-0.4, -0.2) is 50.1 Å². The molecule has 0 saturated carbocycles. The fraction of sp³-hybridized carbons (Fsp3) is 0.444. The Morgan fingerprint density at radius 3 is 2.67 bits per heavy atom. The van der Waals surface area contributed by atoms with Gasteiger partial charge in [0.05, 0.1) is 20.1 Å². The number of benzene rings is 1. The monoisotopic (exact) mass is 443 g/mol. The number of nitrogens with zero attached hydrogens (tertiary/aromatic N) is 2. The lowest BCUT2D eigenvalue weighted by atomic mass is 10.00. The molecular formula is C18H26IN3O2. The maximum Gasteiger partial charge on any atom is 0.307 e. The van der Waals surface area contributed by atoms with Crippen molar-refractivity contribution in [1.29, 1.82) is 0 Å². The third-order valence-electron chi connectivity index (χ3n) is 3.79. The Bertz CT molecular complexity index is 573. The van der Waals surface area contributed by atoms with Gasteiger partial charge in [-0.25, -0.2) is 0 Å². The summed E-state index contributed by atoms with van der Waals surface area (Å²) in [5.41, 5.74) is 2.67. The number of hydrogen-bond acceptors (Lipinski definition) is 3. The minimum Gasteiger partial charge on any atom is -0.469 e. The molecule has 1 aliphatic heterocycles. The Labute approximate surface area is 161 Å². The van der Waals surface area contributed by atoms with Gasteiger partial charge in [0, 0.05) is 19.6 Å². The van der Waals surface area contributed by atoms with Crippen molar-refractivity contribution < 1.29 is 9.53 Å². The lowest BCUT2D eigenvalue weighted by Crippen LogP contribution is -2.43. The van der Waals surface area contributed by atoms with Crippen LogP contribution in [0.5, 0.6) is 0 Å². The van der Waals surface area contributed by atoms with E-state index in [1.807, 2.05) is 13.0 Å². The van der Waals surface area contributed by atoms with Gasteiger partial charge in [0.15, 0.2) is 5.96 Å². The molecule has 1 N–H and O–H groups in total. The van der Waals surface area contributed by atoms with Crippen LogP contribution >= 0.6 is 24.0 Å².